The van der Waals surface area contributed by atoms with Gasteiger partial charge in [-0.05, 0) is 30.5 Å². The number of aromatic nitrogens is 2. The van der Waals surface area contributed by atoms with Crippen LogP contribution in [0.1, 0.15) is 24.0 Å². The van der Waals surface area contributed by atoms with Gasteiger partial charge in [0.2, 0.25) is 5.95 Å². The van der Waals surface area contributed by atoms with E-state index in [9.17, 15) is 5.11 Å². The topological polar surface area (TPSA) is 58.5 Å². The zero-order valence-corrected chi connectivity index (χ0v) is 17.3. The van der Waals surface area contributed by atoms with Crippen molar-refractivity contribution in [1.29, 1.82) is 0 Å². The van der Waals surface area contributed by atoms with Gasteiger partial charge in [0.15, 0.2) is 5.75 Å². The SMILES string of the molecule is OC1(c2ccccc2)CCN(c2ncc(OCc3c(Cl)cccc3Cl)cn2)CC1. The summed E-state index contributed by atoms with van der Waals surface area (Å²) in [7, 11) is 0. The second-order valence-electron chi connectivity index (χ2n) is 7.09. The summed E-state index contributed by atoms with van der Waals surface area (Å²) in [5, 5.41) is 12.1. The quantitative estimate of drug-likeness (QED) is 0.627. The molecule has 1 aliphatic rings. The molecule has 1 saturated heterocycles. The third-order valence-corrected chi connectivity index (χ3v) is 5.95. The maximum absolute atomic E-state index is 11.0. The van der Waals surface area contributed by atoms with Gasteiger partial charge in [-0.1, -0.05) is 59.6 Å². The molecule has 7 heteroatoms. The van der Waals surface area contributed by atoms with Gasteiger partial charge in [-0.3, -0.25) is 0 Å². The number of ether oxygens (including phenoxy) is 1. The molecule has 0 unspecified atom stereocenters. The Bertz CT molecular complexity index is 939. The zero-order chi connectivity index (χ0) is 20.3. The predicted octanol–water partition coefficient (Wildman–Crippen LogP) is 4.85. The van der Waals surface area contributed by atoms with Crippen molar-refractivity contribution in [2.24, 2.45) is 0 Å². The molecule has 2 aromatic carbocycles. The highest BCUT2D eigenvalue weighted by atomic mass is 35.5. The van der Waals surface area contributed by atoms with Gasteiger partial charge in [0, 0.05) is 28.7 Å². The van der Waals surface area contributed by atoms with Crippen LogP contribution in [0.5, 0.6) is 5.75 Å². The van der Waals surface area contributed by atoms with Gasteiger partial charge in [-0.2, -0.15) is 0 Å². The molecule has 150 valence electrons. The summed E-state index contributed by atoms with van der Waals surface area (Å²) >= 11 is 12.3. The Hall–Kier alpha value is -2.34. The molecule has 0 aliphatic carbocycles. The van der Waals surface area contributed by atoms with Crippen LogP contribution in [-0.4, -0.2) is 28.2 Å². The molecule has 1 fully saturated rings. The van der Waals surface area contributed by atoms with Crippen molar-refractivity contribution in [1.82, 2.24) is 9.97 Å². The van der Waals surface area contributed by atoms with Gasteiger partial charge in [-0.15, -0.1) is 0 Å². The maximum atomic E-state index is 11.0. The average molecular weight is 430 g/mol. The van der Waals surface area contributed by atoms with E-state index in [1.165, 1.54) is 0 Å². The molecule has 4 rings (SSSR count). The Balaban J connectivity index is 1.36. The molecule has 0 spiro atoms. The van der Waals surface area contributed by atoms with E-state index >= 15 is 0 Å². The number of piperidine rings is 1. The molecule has 0 bridgehead atoms. The van der Waals surface area contributed by atoms with Crippen molar-refractivity contribution in [2.45, 2.75) is 25.0 Å². The molecule has 0 saturated carbocycles. The van der Waals surface area contributed by atoms with E-state index in [1.807, 2.05) is 30.3 Å². The molecule has 1 aromatic heterocycles. The number of halogens is 2. The van der Waals surface area contributed by atoms with Crippen LogP contribution in [0.4, 0.5) is 5.95 Å². The minimum atomic E-state index is -0.797. The van der Waals surface area contributed by atoms with Gasteiger partial charge in [0.25, 0.3) is 0 Å². The number of anilines is 1. The Morgan fingerprint density at radius 1 is 0.931 bits per heavy atom. The third kappa shape index (κ3) is 4.47. The van der Waals surface area contributed by atoms with Crippen LogP contribution in [0.3, 0.4) is 0 Å². The van der Waals surface area contributed by atoms with Crippen molar-refractivity contribution in [2.75, 3.05) is 18.0 Å². The van der Waals surface area contributed by atoms with Gasteiger partial charge >= 0.3 is 0 Å². The first-order valence-corrected chi connectivity index (χ1v) is 10.2. The molecule has 1 N–H and O–H groups in total. The smallest absolute Gasteiger partial charge is 0.225 e. The molecule has 1 aliphatic heterocycles. The van der Waals surface area contributed by atoms with Crippen LogP contribution in [0.2, 0.25) is 10.0 Å². The summed E-state index contributed by atoms with van der Waals surface area (Å²) in [5.41, 5.74) is 0.897. The van der Waals surface area contributed by atoms with E-state index in [1.54, 1.807) is 30.6 Å². The summed E-state index contributed by atoms with van der Waals surface area (Å²) in [6, 6.07) is 15.2. The van der Waals surface area contributed by atoms with Crippen molar-refractivity contribution in [3.63, 3.8) is 0 Å². The molecule has 2 heterocycles. The lowest BCUT2D eigenvalue weighted by atomic mass is 9.84. The average Bonchev–Trinajstić information content (AvgIpc) is 2.75. The van der Waals surface area contributed by atoms with Crippen molar-refractivity contribution in [3.05, 3.63) is 82.1 Å². The van der Waals surface area contributed by atoms with E-state index in [4.69, 9.17) is 27.9 Å². The minimum absolute atomic E-state index is 0.245. The fraction of sp³-hybridized carbons (Fsp3) is 0.273. The zero-order valence-electron chi connectivity index (χ0n) is 15.8. The standard InChI is InChI=1S/C22H21Cl2N3O2/c23-19-7-4-8-20(24)18(19)15-29-17-13-25-21(26-14-17)27-11-9-22(28,10-12-27)16-5-2-1-3-6-16/h1-8,13-14,28H,9-12,15H2. The van der Waals surface area contributed by atoms with Crippen molar-refractivity contribution in [3.8, 4) is 5.75 Å². The van der Waals surface area contributed by atoms with E-state index in [0.29, 0.717) is 47.7 Å². The summed E-state index contributed by atoms with van der Waals surface area (Å²) in [5.74, 6) is 1.17. The highest BCUT2D eigenvalue weighted by Crippen LogP contribution is 2.33. The van der Waals surface area contributed by atoms with Gasteiger partial charge in [0.05, 0.1) is 18.0 Å². The first kappa shape index (κ1) is 20.0. The van der Waals surface area contributed by atoms with Crippen LogP contribution in [0.25, 0.3) is 0 Å². The van der Waals surface area contributed by atoms with Crippen LogP contribution in [0.15, 0.2) is 60.9 Å². The fourth-order valence-corrected chi connectivity index (χ4v) is 3.99. The number of hydrogen-bond acceptors (Lipinski definition) is 5. The normalized spacial score (nSPS) is 15.9. The first-order chi connectivity index (χ1) is 14.0. The predicted molar refractivity (Wildman–Crippen MR) is 115 cm³/mol. The molecular formula is C22H21Cl2N3O2. The number of rotatable bonds is 5. The minimum Gasteiger partial charge on any atom is -0.486 e. The Morgan fingerprint density at radius 3 is 2.17 bits per heavy atom. The van der Waals surface area contributed by atoms with Gasteiger partial charge < -0.3 is 14.7 Å². The fourth-order valence-electron chi connectivity index (χ4n) is 3.49. The monoisotopic (exact) mass is 429 g/mol. The second kappa shape index (κ2) is 8.57. The molecule has 0 radical (unpaired) electrons. The molecule has 29 heavy (non-hydrogen) atoms. The van der Waals surface area contributed by atoms with E-state index in [0.717, 1.165) is 11.1 Å². The molecular weight excluding hydrogens is 409 g/mol. The van der Waals surface area contributed by atoms with Crippen molar-refractivity contribution >= 4 is 29.2 Å². The molecule has 0 atom stereocenters. The Kier molecular flexibility index (Phi) is 5.90. The number of aliphatic hydroxyl groups is 1. The van der Waals surface area contributed by atoms with Gasteiger partial charge in [0.1, 0.15) is 6.61 Å². The third-order valence-electron chi connectivity index (χ3n) is 5.24. The van der Waals surface area contributed by atoms with E-state index in [-0.39, 0.29) is 6.61 Å². The highest BCUT2D eigenvalue weighted by Gasteiger charge is 2.34. The molecule has 3 aromatic rings. The van der Waals surface area contributed by atoms with Crippen LogP contribution < -0.4 is 9.64 Å². The van der Waals surface area contributed by atoms with E-state index in [2.05, 4.69) is 14.9 Å². The van der Waals surface area contributed by atoms with Crippen LogP contribution in [-0.2, 0) is 12.2 Å². The van der Waals surface area contributed by atoms with Crippen molar-refractivity contribution < 1.29 is 9.84 Å². The second-order valence-corrected chi connectivity index (χ2v) is 7.91. The maximum Gasteiger partial charge on any atom is 0.225 e. The van der Waals surface area contributed by atoms with E-state index < -0.39 is 5.60 Å². The summed E-state index contributed by atoms with van der Waals surface area (Å²) in [6.07, 6.45) is 4.55. The number of nitrogens with zero attached hydrogens (tertiary/aromatic N) is 3. The first-order valence-electron chi connectivity index (χ1n) is 9.46. The number of benzene rings is 2. The number of hydrogen-bond donors (Lipinski definition) is 1. The summed E-state index contributed by atoms with van der Waals surface area (Å²) in [4.78, 5) is 10.9. The lowest BCUT2D eigenvalue weighted by Crippen LogP contribution is -2.43. The van der Waals surface area contributed by atoms with Crippen LogP contribution in [0, 0.1) is 0 Å². The lowest BCUT2D eigenvalue weighted by Gasteiger charge is -2.38. The summed E-state index contributed by atoms with van der Waals surface area (Å²) in [6.45, 7) is 1.61. The van der Waals surface area contributed by atoms with Gasteiger partial charge in [-0.25, -0.2) is 9.97 Å². The Labute approximate surface area is 179 Å². The molecule has 0 amide bonds. The molecule has 5 nitrogen and oxygen atoms in total. The highest BCUT2D eigenvalue weighted by molar-refractivity contribution is 6.35. The largest absolute Gasteiger partial charge is 0.486 e. The Morgan fingerprint density at radius 2 is 1.55 bits per heavy atom. The van der Waals surface area contributed by atoms with Crippen LogP contribution >= 0.6 is 23.2 Å². The lowest BCUT2D eigenvalue weighted by molar-refractivity contribution is 0.0115. The summed E-state index contributed by atoms with van der Waals surface area (Å²) < 4.78 is 5.73.